The summed E-state index contributed by atoms with van der Waals surface area (Å²) in [6.45, 7) is 4.13. The van der Waals surface area contributed by atoms with Crippen molar-refractivity contribution >= 4 is 5.91 Å². The number of nitrogens with one attached hydrogen (secondary N) is 1. The van der Waals surface area contributed by atoms with Crippen LogP contribution in [0.5, 0.6) is 0 Å². The van der Waals surface area contributed by atoms with Gasteiger partial charge in [-0.25, -0.2) is 0 Å². The van der Waals surface area contributed by atoms with Gasteiger partial charge in [0.25, 0.3) is 0 Å². The second kappa shape index (κ2) is 7.77. The third-order valence-electron chi connectivity index (χ3n) is 5.14. The van der Waals surface area contributed by atoms with E-state index >= 15 is 0 Å². The number of rotatable bonds is 5. The number of amides is 1. The second-order valence-corrected chi connectivity index (χ2v) is 6.80. The molecule has 3 rings (SSSR count). The molecule has 1 amide bonds. The molecular formula is C19H28N2O. The molecule has 1 heterocycles. The molecule has 0 atom stereocenters. The van der Waals surface area contributed by atoms with Crippen LogP contribution in [0.15, 0.2) is 24.3 Å². The van der Waals surface area contributed by atoms with Crippen LogP contribution in [0.1, 0.15) is 56.1 Å². The lowest BCUT2D eigenvalue weighted by Gasteiger charge is -2.27. The average Bonchev–Trinajstić information content (AvgIpc) is 3.09. The number of benzene rings is 1. The molecule has 0 radical (unpaired) electrons. The van der Waals surface area contributed by atoms with Crippen molar-refractivity contribution in [2.45, 2.75) is 58.0 Å². The van der Waals surface area contributed by atoms with Crippen LogP contribution in [0.2, 0.25) is 0 Å². The summed E-state index contributed by atoms with van der Waals surface area (Å²) in [7, 11) is 0. The van der Waals surface area contributed by atoms with Gasteiger partial charge in [-0.05, 0) is 49.9 Å². The van der Waals surface area contributed by atoms with Gasteiger partial charge in [0.2, 0.25) is 5.91 Å². The average molecular weight is 300 g/mol. The normalized spacial score (nSPS) is 20.2. The zero-order valence-electron chi connectivity index (χ0n) is 13.5. The predicted molar refractivity (Wildman–Crippen MR) is 89.4 cm³/mol. The van der Waals surface area contributed by atoms with Gasteiger partial charge in [0, 0.05) is 19.0 Å². The summed E-state index contributed by atoms with van der Waals surface area (Å²) in [4.78, 5) is 14.7. The van der Waals surface area contributed by atoms with E-state index < -0.39 is 0 Å². The minimum Gasteiger partial charge on any atom is -0.352 e. The molecule has 0 bridgehead atoms. The number of likely N-dealkylation sites (tertiary alicyclic amines) is 1. The highest BCUT2D eigenvalue weighted by Gasteiger charge is 2.22. The molecular weight excluding hydrogens is 272 g/mol. The molecule has 22 heavy (non-hydrogen) atoms. The van der Waals surface area contributed by atoms with Crippen LogP contribution in [0.3, 0.4) is 0 Å². The molecule has 3 heteroatoms. The van der Waals surface area contributed by atoms with Crippen LogP contribution >= 0.6 is 0 Å². The zero-order chi connectivity index (χ0) is 15.2. The van der Waals surface area contributed by atoms with Crippen molar-refractivity contribution in [3.8, 4) is 0 Å². The Labute approximate surface area is 134 Å². The standard InChI is InChI=1S/C19H28N2O/c22-19(16-8-2-3-9-16)20-14-17-10-4-5-11-18(17)15-21-12-6-1-7-13-21/h4-5,10-11,16H,1-3,6-9,12-15H2,(H,20,22). The van der Waals surface area contributed by atoms with Gasteiger partial charge in [0.05, 0.1) is 0 Å². The van der Waals surface area contributed by atoms with E-state index in [2.05, 4.69) is 34.5 Å². The zero-order valence-corrected chi connectivity index (χ0v) is 13.5. The number of carbonyl (C=O) groups is 1. The summed E-state index contributed by atoms with van der Waals surface area (Å²) in [5.74, 6) is 0.513. The van der Waals surface area contributed by atoms with Crippen molar-refractivity contribution in [1.29, 1.82) is 0 Å². The monoisotopic (exact) mass is 300 g/mol. The predicted octanol–water partition coefficient (Wildman–Crippen LogP) is 3.48. The lowest BCUT2D eigenvalue weighted by Crippen LogP contribution is -2.31. The molecule has 1 saturated carbocycles. The Hall–Kier alpha value is -1.35. The molecule has 0 aromatic heterocycles. The Bertz CT molecular complexity index is 488. The van der Waals surface area contributed by atoms with E-state index in [9.17, 15) is 4.79 Å². The Morgan fingerprint density at radius 3 is 2.41 bits per heavy atom. The highest BCUT2D eigenvalue weighted by atomic mass is 16.1. The third-order valence-corrected chi connectivity index (χ3v) is 5.14. The fourth-order valence-corrected chi connectivity index (χ4v) is 3.76. The molecule has 1 N–H and O–H groups in total. The largest absolute Gasteiger partial charge is 0.352 e. The Morgan fingerprint density at radius 2 is 1.68 bits per heavy atom. The number of nitrogens with zero attached hydrogens (tertiary/aromatic N) is 1. The lowest BCUT2D eigenvalue weighted by molar-refractivity contribution is -0.124. The fourth-order valence-electron chi connectivity index (χ4n) is 3.76. The maximum absolute atomic E-state index is 12.2. The molecule has 2 aliphatic rings. The molecule has 120 valence electrons. The van der Waals surface area contributed by atoms with E-state index in [1.165, 1.54) is 56.3 Å². The minimum atomic E-state index is 0.255. The fraction of sp³-hybridized carbons (Fsp3) is 0.632. The number of piperidine rings is 1. The highest BCUT2D eigenvalue weighted by Crippen LogP contribution is 2.25. The molecule has 1 aromatic carbocycles. The quantitative estimate of drug-likeness (QED) is 0.903. The summed E-state index contributed by atoms with van der Waals surface area (Å²) >= 11 is 0. The number of hydrogen-bond acceptors (Lipinski definition) is 2. The highest BCUT2D eigenvalue weighted by molar-refractivity contribution is 5.78. The van der Waals surface area contributed by atoms with Crippen molar-refractivity contribution in [3.05, 3.63) is 35.4 Å². The Balaban J connectivity index is 1.57. The van der Waals surface area contributed by atoms with Crippen LogP contribution in [0, 0.1) is 5.92 Å². The Kier molecular flexibility index (Phi) is 5.49. The molecule has 0 unspecified atom stereocenters. The minimum absolute atomic E-state index is 0.255. The van der Waals surface area contributed by atoms with E-state index in [0.717, 1.165) is 19.4 Å². The summed E-state index contributed by atoms with van der Waals surface area (Å²) in [6, 6.07) is 8.57. The molecule has 1 aliphatic carbocycles. The van der Waals surface area contributed by atoms with Gasteiger partial charge < -0.3 is 5.32 Å². The molecule has 1 saturated heterocycles. The summed E-state index contributed by atoms with van der Waals surface area (Å²) < 4.78 is 0. The van der Waals surface area contributed by atoms with Gasteiger partial charge in [-0.15, -0.1) is 0 Å². The van der Waals surface area contributed by atoms with Gasteiger partial charge >= 0.3 is 0 Å². The summed E-state index contributed by atoms with van der Waals surface area (Å²) in [5.41, 5.74) is 2.65. The van der Waals surface area contributed by atoms with Crippen molar-refractivity contribution in [2.75, 3.05) is 13.1 Å². The van der Waals surface area contributed by atoms with E-state index in [4.69, 9.17) is 0 Å². The molecule has 0 spiro atoms. The van der Waals surface area contributed by atoms with Gasteiger partial charge in [-0.2, -0.15) is 0 Å². The topological polar surface area (TPSA) is 32.3 Å². The third kappa shape index (κ3) is 4.10. The van der Waals surface area contributed by atoms with Crippen LogP contribution in [-0.2, 0) is 17.9 Å². The van der Waals surface area contributed by atoms with E-state index in [0.29, 0.717) is 6.54 Å². The summed E-state index contributed by atoms with van der Waals surface area (Å²) in [5, 5.41) is 3.16. The van der Waals surface area contributed by atoms with E-state index in [1.807, 2.05) is 0 Å². The number of carbonyl (C=O) groups excluding carboxylic acids is 1. The molecule has 1 aromatic rings. The van der Waals surface area contributed by atoms with Gasteiger partial charge in [-0.3, -0.25) is 9.69 Å². The maximum atomic E-state index is 12.2. The second-order valence-electron chi connectivity index (χ2n) is 6.80. The van der Waals surface area contributed by atoms with Crippen molar-refractivity contribution in [1.82, 2.24) is 10.2 Å². The van der Waals surface area contributed by atoms with E-state index in [1.54, 1.807) is 0 Å². The van der Waals surface area contributed by atoms with Crippen LogP contribution < -0.4 is 5.32 Å². The lowest BCUT2D eigenvalue weighted by atomic mass is 10.0. The van der Waals surface area contributed by atoms with E-state index in [-0.39, 0.29) is 11.8 Å². The van der Waals surface area contributed by atoms with Crippen molar-refractivity contribution in [3.63, 3.8) is 0 Å². The van der Waals surface area contributed by atoms with Crippen molar-refractivity contribution < 1.29 is 4.79 Å². The maximum Gasteiger partial charge on any atom is 0.223 e. The van der Waals surface area contributed by atoms with Gasteiger partial charge in [0.15, 0.2) is 0 Å². The number of hydrogen-bond donors (Lipinski definition) is 1. The van der Waals surface area contributed by atoms with Crippen LogP contribution in [0.4, 0.5) is 0 Å². The first-order valence-corrected chi connectivity index (χ1v) is 8.90. The first-order chi connectivity index (χ1) is 10.8. The first kappa shape index (κ1) is 15.5. The molecule has 3 nitrogen and oxygen atoms in total. The van der Waals surface area contributed by atoms with Crippen molar-refractivity contribution in [2.24, 2.45) is 5.92 Å². The van der Waals surface area contributed by atoms with Crippen LogP contribution in [0.25, 0.3) is 0 Å². The van der Waals surface area contributed by atoms with Gasteiger partial charge in [0.1, 0.15) is 0 Å². The smallest absolute Gasteiger partial charge is 0.223 e. The van der Waals surface area contributed by atoms with Gasteiger partial charge in [-0.1, -0.05) is 43.5 Å². The first-order valence-electron chi connectivity index (χ1n) is 8.90. The SMILES string of the molecule is O=C(NCc1ccccc1CN1CCCCC1)C1CCCC1. The molecule has 1 aliphatic heterocycles. The molecule has 2 fully saturated rings. The van der Waals surface area contributed by atoms with Crippen LogP contribution in [-0.4, -0.2) is 23.9 Å². The summed E-state index contributed by atoms with van der Waals surface area (Å²) in [6.07, 6.45) is 8.58. The Morgan fingerprint density at radius 1 is 1.00 bits per heavy atom.